The first-order valence-corrected chi connectivity index (χ1v) is 6.39. The number of hydrogen-bond donors (Lipinski definition) is 1. The normalized spacial score (nSPS) is 45.1. The lowest BCUT2D eigenvalue weighted by Gasteiger charge is -2.53. The highest BCUT2D eigenvalue weighted by molar-refractivity contribution is 5.36. The van der Waals surface area contributed by atoms with E-state index in [0.717, 1.165) is 29.4 Å². The molecule has 1 heterocycles. The Bertz CT molecular complexity index is 386. The molecule has 4 heteroatoms. The highest BCUT2D eigenvalue weighted by atomic mass is 16.6. The van der Waals surface area contributed by atoms with Gasteiger partial charge in [0.2, 0.25) is 0 Å². The van der Waals surface area contributed by atoms with Gasteiger partial charge in [0.15, 0.2) is 5.82 Å². The summed E-state index contributed by atoms with van der Waals surface area (Å²) in [5.74, 6) is 4.63. The zero-order valence-electron chi connectivity index (χ0n) is 9.30. The number of nitrogen functional groups attached to an aromatic ring is 1. The molecule has 0 saturated heterocycles. The van der Waals surface area contributed by atoms with E-state index in [1.165, 1.54) is 32.1 Å². The minimum absolute atomic E-state index is 0.525. The first-order chi connectivity index (χ1) is 7.81. The molecule has 0 atom stereocenters. The van der Waals surface area contributed by atoms with E-state index in [-0.39, 0.29) is 0 Å². The fourth-order valence-corrected chi connectivity index (χ4v) is 4.81. The molecule has 4 aliphatic rings. The minimum Gasteiger partial charge on any atom is -0.379 e. The second-order valence-electron chi connectivity index (χ2n) is 5.99. The first-order valence-electron chi connectivity index (χ1n) is 6.39. The van der Waals surface area contributed by atoms with E-state index < -0.39 is 0 Å². The predicted octanol–water partition coefficient (Wildman–Crippen LogP) is 2.19. The van der Waals surface area contributed by atoms with Gasteiger partial charge in [0, 0.05) is 5.92 Å². The van der Waals surface area contributed by atoms with E-state index in [4.69, 9.17) is 10.4 Å². The summed E-state index contributed by atoms with van der Waals surface area (Å²) in [6.45, 7) is 0. The summed E-state index contributed by atoms with van der Waals surface area (Å²) in [5, 5.41) is 7.79. The Hall–Kier alpha value is -1.06. The predicted molar refractivity (Wildman–Crippen MR) is 58.5 cm³/mol. The van der Waals surface area contributed by atoms with Crippen molar-refractivity contribution in [3.63, 3.8) is 0 Å². The number of anilines is 1. The van der Waals surface area contributed by atoms with E-state index in [9.17, 15) is 0 Å². The van der Waals surface area contributed by atoms with Gasteiger partial charge in [0.05, 0.1) is 0 Å². The molecule has 4 aliphatic carbocycles. The van der Waals surface area contributed by atoms with Gasteiger partial charge in [0.1, 0.15) is 5.69 Å². The summed E-state index contributed by atoms with van der Waals surface area (Å²) in [6.07, 6.45) is 6.99. The van der Waals surface area contributed by atoms with Crippen LogP contribution < -0.4 is 5.73 Å². The number of nitrogens with two attached hydrogens (primary N) is 1. The molecule has 2 N–H and O–H groups in total. The largest absolute Gasteiger partial charge is 0.379 e. The van der Waals surface area contributed by atoms with Crippen LogP contribution in [0.25, 0.3) is 0 Å². The molecule has 1 aromatic rings. The molecule has 4 bridgehead atoms. The molecular weight excluding hydrogens is 202 g/mol. The van der Waals surface area contributed by atoms with Gasteiger partial charge >= 0.3 is 0 Å². The quantitative estimate of drug-likeness (QED) is 0.786. The zero-order valence-corrected chi connectivity index (χ0v) is 9.30. The molecule has 0 aromatic carbocycles. The lowest BCUT2D eigenvalue weighted by molar-refractivity contribution is -0.00493. The van der Waals surface area contributed by atoms with Crippen molar-refractivity contribution in [2.75, 3.05) is 5.73 Å². The molecule has 86 valence electrons. The van der Waals surface area contributed by atoms with Gasteiger partial charge < -0.3 is 5.73 Å². The Morgan fingerprint density at radius 1 is 0.938 bits per heavy atom. The van der Waals surface area contributed by atoms with Gasteiger partial charge in [-0.05, 0) is 60.9 Å². The van der Waals surface area contributed by atoms with Crippen molar-refractivity contribution in [3.8, 4) is 0 Å². The Morgan fingerprint density at radius 3 is 2.06 bits per heavy atom. The van der Waals surface area contributed by atoms with Crippen molar-refractivity contribution >= 4 is 5.82 Å². The molecule has 5 rings (SSSR count). The average molecular weight is 219 g/mol. The molecule has 1 aromatic heterocycles. The summed E-state index contributed by atoms with van der Waals surface area (Å²) in [4.78, 5) is 0. The Balaban J connectivity index is 1.72. The Kier molecular flexibility index (Phi) is 1.69. The van der Waals surface area contributed by atoms with Crippen LogP contribution in [-0.4, -0.2) is 10.3 Å². The number of aromatic nitrogens is 2. The van der Waals surface area contributed by atoms with Crippen LogP contribution in [0.1, 0.15) is 43.7 Å². The van der Waals surface area contributed by atoms with Gasteiger partial charge in [0.25, 0.3) is 0 Å². The van der Waals surface area contributed by atoms with Crippen LogP contribution >= 0.6 is 0 Å². The zero-order chi connectivity index (χ0) is 10.7. The highest BCUT2D eigenvalue weighted by Gasteiger charge is 2.50. The molecule has 0 amide bonds. The minimum atomic E-state index is 0.525. The smallest absolute Gasteiger partial charge is 0.191 e. The van der Waals surface area contributed by atoms with Crippen LogP contribution in [0.4, 0.5) is 5.82 Å². The van der Waals surface area contributed by atoms with Crippen molar-refractivity contribution in [2.45, 2.75) is 38.0 Å². The maximum Gasteiger partial charge on any atom is 0.191 e. The van der Waals surface area contributed by atoms with Crippen LogP contribution in [0.3, 0.4) is 0 Å². The first kappa shape index (κ1) is 9.02. The summed E-state index contributed by atoms with van der Waals surface area (Å²) < 4.78 is 4.78. The highest BCUT2D eigenvalue weighted by Crippen LogP contribution is 2.59. The van der Waals surface area contributed by atoms with Crippen LogP contribution in [0.5, 0.6) is 0 Å². The van der Waals surface area contributed by atoms with E-state index in [1.807, 2.05) is 0 Å². The monoisotopic (exact) mass is 219 g/mol. The molecule has 4 nitrogen and oxygen atoms in total. The second-order valence-corrected chi connectivity index (χ2v) is 5.99. The molecule has 0 unspecified atom stereocenters. The number of rotatable bonds is 1. The van der Waals surface area contributed by atoms with Gasteiger partial charge in [-0.2, -0.15) is 0 Å². The van der Waals surface area contributed by atoms with Crippen LogP contribution in [-0.2, 0) is 0 Å². The van der Waals surface area contributed by atoms with Crippen molar-refractivity contribution in [1.82, 2.24) is 10.3 Å². The SMILES string of the molecule is Nc1nonc1C1C2CC3CC(C2)CC1C3. The van der Waals surface area contributed by atoms with Crippen molar-refractivity contribution in [3.05, 3.63) is 5.69 Å². The van der Waals surface area contributed by atoms with E-state index in [0.29, 0.717) is 11.7 Å². The standard InChI is InChI=1S/C12H17N3O/c13-12-11(14-16-15-12)10-8-2-6-1-7(4-8)5-9(10)3-6/h6-10H,1-5H2,(H2,13,15). The summed E-state index contributed by atoms with van der Waals surface area (Å²) >= 11 is 0. The summed E-state index contributed by atoms with van der Waals surface area (Å²) in [6, 6.07) is 0. The third-order valence-electron chi connectivity index (χ3n) is 5.08. The van der Waals surface area contributed by atoms with E-state index in [1.54, 1.807) is 0 Å². The molecule has 4 fully saturated rings. The third kappa shape index (κ3) is 1.10. The van der Waals surface area contributed by atoms with Gasteiger partial charge in [-0.15, -0.1) is 0 Å². The fourth-order valence-electron chi connectivity index (χ4n) is 4.81. The molecule has 0 aliphatic heterocycles. The van der Waals surface area contributed by atoms with Crippen molar-refractivity contribution in [2.24, 2.45) is 23.7 Å². The van der Waals surface area contributed by atoms with E-state index >= 15 is 0 Å². The molecular formula is C12H17N3O. The lowest BCUT2D eigenvalue weighted by atomic mass is 9.51. The Labute approximate surface area is 94.5 Å². The second kappa shape index (κ2) is 2.99. The Morgan fingerprint density at radius 2 is 1.56 bits per heavy atom. The number of hydrogen-bond acceptors (Lipinski definition) is 4. The lowest BCUT2D eigenvalue weighted by Crippen LogP contribution is -2.44. The van der Waals surface area contributed by atoms with Gasteiger partial charge in [-0.3, -0.25) is 0 Å². The van der Waals surface area contributed by atoms with Crippen LogP contribution in [0, 0.1) is 23.7 Å². The average Bonchev–Trinajstić information content (AvgIpc) is 2.63. The molecule has 16 heavy (non-hydrogen) atoms. The topological polar surface area (TPSA) is 64.9 Å². The molecule has 0 radical (unpaired) electrons. The number of nitrogens with zero attached hydrogens (tertiary/aromatic N) is 2. The van der Waals surface area contributed by atoms with Crippen LogP contribution in [0.15, 0.2) is 4.63 Å². The maximum atomic E-state index is 5.85. The molecule has 4 saturated carbocycles. The van der Waals surface area contributed by atoms with Crippen molar-refractivity contribution in [1.29, 1.82) is 0 Å². The van der Waals surface area contributed by atoms with Crippen LogP contribution in [0.2, 0.25) is 0 Å². The van der Waals surface area contributed by atoms with E-state index in [2.05, 4.69) is 10.3 Å². The molecule has 0 spiro atoms. The van der Waals surface area contributed by atoms with Crippen molar-refractivity contribution < 1.29 is 4.63 Å². The maximum absolute atomic E-state index is 5.85. The fraction of sp³-hybridized carbons (Fsp3) is 0.833. The van der Waals surface area contributed by atoms with Gasteiger partial charge in [-0.25, -0.2) is 4.63 Å². The third-order valence-corrected chi connectivity index (χ3v) is 5.08. The van der Waals surface area contributed by atoms with Gasteiger partial charge in [-0.1, -0.05) is 5.16 Å². The summed E-state index contributed by atoms with van der Waals surface area (Å²) in [7, 11) is 0. The summed E-state index contributed by atoms with van der Waals surface area (Å²) in [5.41, 5.74) is 6.81.